The lowest BCUT2D eigenvalue weighted by atomic mass is 10.1. The molecule has 1 aromatic heterocycles. The second-order valence-electron chi connectivity index (χ2n) is 10.3. The molecule has 3 atom stereocenters. The number of carbonyl (C=O) groups is 3. The molecule has 3 saturated heterocycles. The highest BCUT2D eigenvalue weighted by Crippen LogP contribution is 2.35. The van der Waals surface area contributed by atoms with E-state index in [0.717, 1.165) is 12.1 Å². The van der Waals surface area contributed by atoms with Crippen LogP contribution in [0.2, 0.25) is 0 Å². The Hall–Kier alpha value is -3.99. The number of H-pyrrole nitrogens is 1. The highest BCUT2D eigenvalue weighted by molar-refractivity contribution is 6.06. The third-order valence-corrected chi connectivity index (χ3v) is 7.98. The van der Waals surface area contributed by atoms with Crippen molar-refractivity contribution in [3.63, 3.8) is 0 Å². The molecule has 0 spiro atoms. The molecule has 3 fully saturated rings. The van der Waals surface area contributed by atoms with Gasteiger partial charge in [-0.25, -0.2) is 4.39 Å². The highest BCUT2D eigenvalue weighted by Gasteiger charge is 2.45. The molecule has 3 aliphatic rings. The van der Waals surface area contributed by atoms with Gasteiger partial charge >= 0.3 is 0 Å². The zero-order chi connectivity index (χ0) is 26.4. The summed E-state index contributed by atoms with van der Waals surface area (Å²) in [5, 5.41) is 13.0. The van der Waals surface area contributed by atoms with Crippen molar-refractivity contribution < 1.29 is 18.8 Å². The van der Waals surface area contributed by atoms with E-state index < -0.39 is 0 Å². The van der Waals surface area contributed by atoms with E-state index in [9.17, 15) is 18.8 Å². The maximum atomic E-state index is 13.7. The van der Waals surface area contributed by atoms with Crippen LogP contribution >= 0.6 is 0 Å². The first-order valence-electron chi connectivity index (χ1n) is 12.9. The topological polar surface area (TPSA) is 114 Å². The number of benzene rings is 2. The predicted molar refractivity (Wildman–Crippen MR) is 140 cm³/mol. The van der Waals surface area contributed by atoms with Crippen LogP contribution in [0, 0.1) is 11.7 Å². The molecule has 198 valence electrons. The first-order chi connectivity index (χ1) is 18.4. The number of hydrogen-bond donors (Lipinski definition) is 3. The van der Waals surface area contributed by atoms with Crippen LogP contribution in [0.1, 0.15) is 23.3 Å². The molecule has 3 aliphatic heterocycles. The van der Waals surface area contributed by atoms with E-state index >= 15 is 0 Å². The van der Waals surface area contributed by atoms with Crippen LogP contribution in [0.15, 0.2) is 42.5 Å². The Labute approximate surface area is 219 Å². The number of fused-ring (bicyclic) bond motifs is 3. The van der Waals surface area contributed by atoms with Crippen molar-refractivity contribution in [1.29, 1.82) is 0 Å². The van der Waals surface area contributed by atoms with E-state index in [2.05, 4.69) is 25.7 Å². The molecule has 3 aromatic rings. The minimum absolute atomic E-state index is 0.0876. The minimum Gasteiger partial charge on any atom is -0.365 e. The second kappa shape index (κ2) is 9.71. The van der Waals surface area contributed by atoms with Crippen molar-refractivity contribution in [2.75, 3.05) is 50.0 Å². The summed E-state index contributed by atoms with van der Waals surface area (Å²) in [5.41, 5.74) is 2.45. The van der Waals surface area contributed by atoms with Gasteiger partial charge in [-0.05, 0) is 55.8 Å². The standard InChI is InChI=1S/C27H30FN7O3/c1-29-27(38)25-22-10-18(5-6-23(22)31-32-25)30-26(37)16-7-8-33(12-16)15-24(36)35-14-20-11-21(35)13-34(20)19-4-2-3-17(28)9-19/h2-6,9-10,16,20-21H,7-8,11-15H2,1H3,(H,29,38)(H,30,37)(H,31,32)/t16-,20+,21+/m1/s1. The fourth-order valence-electron chi connectivity index (χ4n) is 6.04. The lowest BCUT2D eigenvalue weighted by Crippen LogP contribution is -2.51. The van der Waals surface area contributed by atoms with Crippen molar-refractivity contribution in [2.45, 2.75) is 24.9 Å². The quantitative estimate of drug-likeness (QED) is 0.458. The monoisotopic (exact) mass is 519 g/mol. The molecule has 0 unspecified atom stereocenters. The van der Waals surface area contributed by atoms with Crippen LogP contribution < -0.4 is 15.5 Å². The van der Waals surface area contributed by atoms with Crippen LogP contribution in [0.4, 0.5) is 15.8 Å². The van der Waals surface area contributed by atoms with E-state index in [0.29, 0.717) is 55.7 Å². The van der Waals surface area contributed by atoms with Crippen LogP contribution in [-0.4, -0.2) is 89.6 Å². The Morgan fingerprint density at radius 2 is 1.97 bits per heavy atom. The summed E-state index contributed by atoms with van der Waals surface area (Å²) < 4.78 is 13.7. The summed E-state index contributed by atoms with van der Waals surface area (Å²) in [6, 6.07) is 12.3. The molecule has 0 aliphatic carbocycles. The van der Waals surface area contributed by atoms with E-state index in [4.69, 9.17) is 0 Å². The number of likely N-dealkylation sites (tertiary alicyclic amines) is 2. The first kappa shape index (κ1) is 24.4. The summed E-state index contributed by atoms with van der Waals surface area (Å²) >= 11 is 0. The summed E-state index contributed by atoms with van der Waals surface area (Å²) in [4.78, 5) is 44.4. The van der Waals surface area contributed by atoms with E-state index in [1.54, 1.807) is 37.4 Å². The predicted octanol–water partition coefficient (Wildman–Crippen LogP) is 1.81. The van der Waals surface area contributed by atoms with Crippen LogP contribution in [0.25, 0.3) is 10.9 Å². The number of hydrogen-bond acceptors (Lipinski definition) is 6. The Kier molecular flexibility index (Phi) is 6.22. The molecule has 38 heavy (non-hydrogen) atoms. The van der Waals surface area contributed by atoms with Gasteiger partial charge < -0.3 is 20.4 Å². The number of rotatable bonds is 6. The normalized spacial score (nSPS) is 22.8. The molecule has 0 saturated carbocycles. The Morgan fingerprint density at radius 1 is 1.11 bits per heavy atom. The van der Waals surface area contributed by atoms with Crippen LogP contribution in [0.3, 0.4) is 0 Å². The van der Waals surface area contributed by atoms with Crippen LogP contribution in [0.5, 0.6) is 0 Å². The third-order valence-electron chi connectivity index (χ3n) is 7.98. The minimum atomic E-state index is -0.302. The van der Waals surface area contributed by atoms with Crippen LogP contribution in [-0.2, 0) is 9.59 Å². The summed E-state index contributed by atoms with van der Waals surface area (Å²) in [5.74, 6) is -0.787. The number of piperazine rings is 1. The van der Waals surface area contributed by atoms with Crippen molar-refractivity contribution in [3.05, 3.63) is 54.0 Å². The average molecular weight is 520 g/mol. The smallest absolute Gasteiger partial charge is 0.272 e. The molecule has 10 nitrogen and oxygen atoms in total. The van der Waals surface area contributed by atoms with E-state index in [1.807, 2.05) is 15.9 Å². The van der Waals surface area contributed by atoms with Gasteiger partial charge in [-0.1, -0.05) is 6.07 Å². The SMILES string of the molecule is CNC(=O)c1n[nH]c2ccc(NC(=O)[C@@H]3CCN(CC(=O)N4C[C@@H]5C[C@H]4CN5c4cccc(F)c4)C3)cc12. The second-order valence-corrected chi connectivity index (χ2v) is 10.3. The number of amides is 3. The molecular weight excluding hydrogens is 489 g/mol. The molecule has 6 rings (SSSR count). The number of carbonyl (C=O) groups excluding carboxylic acids is 3. The molecule has 2 bridgehead atoms. The first-order valence-corrected chi connectivity index (χ1v) is 12.9. The number of halogens is 1. The Bertz CT molecular complexity index is 1410. The average Bonchev–Trinajstić information content (AvgIpc) is 3.71. The fraction of sp³-hybridized carbons (Fsp3) is 0.407. The Balaban J connectivity index is 1.02. The molecule has 3 N–H and O–H groups in total. The largest absolute Gasteiger partial charge is 0.365 e. The zero-order valence-electron chi connectivity index (χ0n) is 21.1. The number of anilines is 2. The van der Waals surface area contributed by atoms with Gasteiger partial charge in [0.25, 0.3) is 5.91 Å². The summed E-state index contributed by atoms with van der Waals surface area (Å²) in [7, 11) is 1.54. The van der Waals surface area contributed by atoms with Gasteiger partial charge in [0.2, 0.25) is 11.8 Å². The summed E-state index contributed by atoms with van der Waals surface area (Å²) in [6.07, 6.45) is 1.58. The fourth-order valence-corrected chi connectivity index (χ4v) is 6.04. The number of aromatic amines is 1. The van der Waals surface area contributed by atoms with Crippen molar-refractivity contribution in [3.8, 4) is 0 Å². The van der Waals surface area contributed by atoms with Gasteiger partial charge in [-0.15, -0.1) is 0 Å². The molecule has 4 heterocycles. The third kappa shape index (κ3) is 4.47. The van der Waals surface area contributed by atoms with E-state index in [-0.39, 0.29) is 47.2 Å². The number of nitrogens with zero attached hydrogens (tertiary/aromatic N) is 4. The summed E-state index contributed by atoms with van der Waals surface area (Å²) in [6.45, 7) is 2.86. The number of aromatic nitrogens is 2. The van der Waals surface area contributed by atoms with Crippen molar-refractivity contribution >= 4 is 40.0 Å². The number of nitrogens with one attached hydrogen (secondary N) is 3. The molecular formula is C27H30FN7O3. The van der Waals surface area contributed by atoms with E-state index in [1.165, 1.54) is 6.07 Å². The molecule has 0 radical (unpaired) electrons. The molecule has 11 heteroatoms. The van der Waals surface area contributed by atoms with Gasteiger partial charge in [-0.3, -0.25) is 24.4 Å². The van der Waals surface area contributed by atoms with Gasteiger partial charge in [0.15, 0.2) is 5.69 Å². The van der Waals surface area contributed by atoms with Gasteiger partial charge in [-0.2, -0.15) is 5.10 Å². The van der Waals surface area contributed by atoms with Gasteiger partial charge in [0.05, 0.1) is 24.0 Å². The van der Waals surface area contributed by atoms with Crippen molar-refractivity contribution in [1.82, 2.24) is 25.3 Å². The van der Waals surface area contributed by atoms with Crippen molar-refractivity contribution in [2.24, 2.45) is 5.92 Å². The van der Waals surface area contributed by atoms with Gasteiger partial charge in [0.1, 0.15) is 5.82 Å². The molecule has 3 amide bonds. The zero-order valence-corrected chi connectivity index (χ0v) is 21.1. The Morgan fingerprint density at radius 3 is 2.74 bits per heavy atom. The maximum absolute atomic E-state index is 13.7. The van der Waals surface area contributed by atoms with Gasteiger partial charge in [0, 0.05) is 49.5 Å². The molecule has 2 aromatic carbocycles. The maximum Gasteiger partial charge on any atom is 0.272 e. The lowest BCUT2D eigenvalue weighted by Gasteiger charge is -2.36. The highest BCUT2D eigenvalue weighted by atomic mass is 19.1. The lowest BCUT2D eigenvalue weighted by molar-refractivity contribution is -0.133.